The SMILES string of the molecule is COc1ccccc1NC(=O)CCNC(=O)c1cc(C)nc(C)n1. The lowest BCUT2D eigenvalue weighted by molar-refractivity contribution is -0.116. The molecule has 0 radical (unpaired) electrons. The van der Waals surface area contributed by atoms with Crippen LogP contribution in [0.2, 0.25) is 0 Å². The minimum Gasteiger partial charge on any atom is -0.495 e. The summed E-state index contributed by atoms with van der Waals surface area (Å²) in [5, 5.41) is 5.43. The topological polar surface area (TPSA) is 93.2 Å². The number of benzene rings is 1. The first-order valence-electron chi connectivity index (χ1n) is 7.53. The van der Waals surface area contributed by atoms with Gasteiger partial charge in [-0.25, -0.2) is 9.97 Å². The summed E-state index contributed by atoms with van der Waals surface area (Å²) in [5.41, 5.74) is 1.62. The Morgan fingerprint density at radius 3 is 2.62 bits per heavy atom. The number of methoxy groups -OCH3 is 1. The summed E-state index contributed by atoms with van der Waals surface area (Å²) in [5.74, 6) is 0.583. The molecule has 0 aliphatic carbocycles. The molecular weight excluding hydrogens is 308 g/mol. The number of anilines is 1. The highest BCUT2D eigenvalue weighted by atomic mass is 16.5. The summed E-state index contributed by atoms with van der Waals surface area (Å²) < 4.78 is 5.17. The quantitative estimate of drug-likeness (QED) is 0.844. The molecule has 24 heavy (non-hydrogen) atoms. The Hall–Kier alpha value is -2.96. The Bertz CT molecular complexity index is 726. The third kappa shape index (κ3) is 4.77. The largest absolute Gasteiger partial charge is 0.495 e. The van der Waals surface area contributed by atoms with Crippen molar-refractivity contribution >= 4 is 17.5 Å². The van der Waals surface area contributed by atoms with Crippen LogP contribution in [-0.4, -0.2) is 35.4 Å². The van der Waals surface area contributed by atoms with Gasteiger partial charge in [0, 0.05) is 18.7 Å². The van der Waals surface area contributed by atoms with E-state index in [-0.39, 0.29) is 24.8 Å². The van der Waals surface area contributed by atoms with E-state index in [1.54, 1.807) is 38.1 Å². The highest BCUT2D eigenvalue weighted by molar-refractivity contribution is 5.94. The van der Waals surface area contributed by atoms with Crippen molar-refractivity contribution in [1.29, 1.82) is 0 Å². The average molecular weight is 328 g/mol. The molecule has 2 N–H and O–H groups in total. The molecular formula is C17H20N4O3. The highest BCUT2D eigenvalue weighted by Crippen LogP contribution is 2.22. The van der Waals surface area contributed by atoms with Crippen LogP contribution >= 0.6 is 0 Å². The number of aromatic nitrogens is 2. The molecule has 0 aliphatic rings. The van der Waals surface area contributed by atoms with Crippen molar-refractivity contribution in [1.82, 2.24) is 15.3 Å². The number of carbonyl (C=O) groups is 2. The van der Waals surface area contributed by atoms with Crippen molar-refractivity contribution in [2.24, 2.45) is 0 Å². The first kappa shape index (κ1) is 17.4. The van der Waals surface area contributed by atoms with Gasteiger partial charge in [0.1, 0.15) is 17.3 Å². The fourth-order valence-corrected chi connectivity index (χ4v) is 2.17. The van der Waals surface area contributed by atoms with Crippen LogP contribution in [0.3, 0.4) is 0 Å². The Morgan fingerprint density at radius 1 is 1.17 bits per heavy atom. The summed E-state index contributed by atoms with van der Waals surface area (Å²) in [6.07, 6.45) is 0.146. The number of amides is 2. The Kier molecular flexibility index (Phi) is 5.83. The molecule has 2 rings (SSSR count). The lowest BCUT2D eigenvalue weighted by Crippen LogP contribution is -2.28. The Morgan fingerprint density at radius 2 is 1.92 bits per heavy atom. The fourth-order valence-electron chi connectivity index (χ4n) is 2.17. The molecule has 0 unspecified atom stereocenters. The third-order valence-electron chi connectivity index (χ3n) is 3.22. The van der Waals surface area contributed by atoms with Crippen molar-refractivity contribution in [2.45, 2.75) is 20.3 Å². The van der Waals surface area contributed by atoms with E-state index in [0.717, 1.165) is 5.69 Å². The van der Waals surface area contributed by atoms with E-state index >= 15 is 0 Å². The first-order valence-corrected chi connectivity index (χ1v) is 7.53. The van der Waals surface area contributed by atoms with Gasteiger partial charge in [0.15, 0.2) is 0 Å². The van der Waals surface area contributed by atoms with Crippen LogP contribution in [0, 0.1) is 13.8 Å². The summed E-state index contributed by atoms with van der Waals surface area (Å²) in [4.78, 5) is 32.2. The van der Waals surface area contributed by atoms with Crippen LogP contribution in [-0.2, 0) is 4.79 Å². The van der Waals surface area contributed by atoms with Gasteiger partial charge in [0.05, 0.1) is 12.8 Å². The molecule has 0 bridgehead atoms. The highest BCUT2D eigenvalue weighted by Gasteiger charge is 2.11. The van der Waals surface area contributed by atoms with Crippen LogP contribution in [0.5, 0.6) is 5.75 Å². The minimum absolute atomic E-state index is 0.146. The number of carbonyl (C=O) groups excluding carboxylic acids is 2. The van der Waals surface area contributed by atoms with Crippen molar-refractivity contribution in [2.75, 3.05) is 19.0 Å². The van der Waals surface area contributed by atoms with Crippen molar-refractivity contribution in [3.8, 4) is 5.75 Å². The number of hydrogen-bond donors (Lipinski definition) is 2. The molecule has 2 aromatic rings. The summed E-state index contributed by atoms with van der Waals surface area (Å²) in [6.45, 7) is 3.73. The maximum Gasteiger partial charge on any atom is 0.270 e. The molecule has 2 amide bonds. The lowest BCUT2D eigenvalue weighted by atomic mass is 10.2. The summed E-state index contributed by atoms with van der Waals surface area (Å²) in [7, 11) is 1.54. The van der Waals surface area contributed by atoms with Gasteiger partial charge >= 0.3 is 0 Å². The van der Waals surface area contributed by atoms with Crippen LogP contribution < -0.4 is 15.4 Å². The molecule has 1 aromatic carbocycles. The number of nitrogens with one attached hydrogen (secondary N) is 2. The number of aryl methyl sites for hydroxylation is 2. The van der Waals surface area contributed by atoms with Gasteiger partial charge in [-0.15, -0.1) is 0 Å². The second kappa shape index (κ2) is 8.05. The minimum atomic E-state index is -0.325. The molecule has 0 spiro atoms. The predicted octanol–water partition coefficient (Wildman–Crippen LogP) is 1.86. The molecule has 0 aliphatic heterocycles. The van der Waals surface area contributed by atoms with Crippen molar-refractivity contribution in [3.63, 3.8) is 0 Å². The van der Waals surface area contributed by atoms with E-state index in [1.807, 2.05) is 6.07 Å². The van der Waals surface area contributed by atoms with Crippen molar-refractivity contribution < 1.29 is 14.3 Å². The number of hydrogen-bond acceptors (Lipinski definition) is 5. The average Bonchev–Trinajstić information content (AvgIpc) is 2.54. The fraction of sp³-hybridized carbons (Fsp3) is 0.294. The first-order chi connectivity index (χ1) is 11.5. The van der Waals surface area contributed by atoms with E-state index in [1.165, 1.54) is 7.11 Å². The van der Waals surface area contributed by atoms with Gasteiger partial charge in [0.2, 0.25) is 5.91 Å². The van der Waals surface area contributed by atoms with Gasteiger partial charge in [-0.2, -0.15) is 0 Å². The second-order valence-corrected chi connectivity index (χ2v) is 5.20. The lowest BCUT2D eigenvalue weighted by Gasteiger charge is -2.10. The zero-order valence-electron chi connectivity index (χ0n) is 13.9. The molecule has 7 heteroatoms. The van der Waals surface area contributed by atoms with Crippen LogP contribution in [0.15, 0.2) is 30.3 Å². The Balaban J connectivity index is 1.85. The molecule has 0 fully saturated rings. The number of rotatable bonds is 6. The molecule has 0 atom stereocenters. The van der Waals surface area contributed by atoms with E-state index in [4.69, 9.17) is 4.74 Å². The van der Waals surface area contributed by atoms with Crippen molar-refractivity contribution in [3.05, 3.63) is 47.5 Å². The van der Waals surface area contributed by atoms with Crippen LogP contribution in [0.25, 0.3) is 0 Å². The van der Waals surface area contributed by atoms with Gasteiger partial charge in [-0.05, 0) is 32.0 Å². The second-order valence-electron chi connectivity index (χ2n) is 5.20. The van der Waals surface area contributed by atoms with E-state index in [0.29, 0.717) is 23.0 Å². The molecule has 7 nitrogen and oxygen atoms in total. The number of ether oxygens (including phenoxy) is 1. The van der Waals surface area contributed by atoms with Crippen LogP contribution in [0.1, 0.15) is 28.4 Å². The molecule has 1 heterocycles. The number of para-hydroxylation sites is 2. The zero-order valence-corrected chi connectivity index (χ0v) is 13.9. The van der Waals surface area contributed by atoms with Crippen LogP contribution in [0.4, 0.5) is 5.69 Å². The maximum absolute atomic E-state index is 12.0. The predicted molar refractivity (Wildman–Crippen MR) is 90.1 cm³/mol. The molecule has 126 valence electrons. The summed E-state index contributed by atoms with van der Waals surface area (Å²) in [6, 6.07) is 8.75. The smallest absolute Gasteiger partial charge is 0.270 e. The molecule has 0 saturated carbocycles. The zero-order chi connectivity index (χ0) is 17.5. The number of nitrogens with zero attached hydrogens (tertiary/aromatic N) is 2. The van der Waals surface area contributed by atoms with Gasteiger partial charge < -0.3 is 15.4 Å². The van der Waals surface area contributed by atoms with Gasteiger partial charge in [-0.3, -0.25) is 9.59 Å². The van der Waals surface area contributed by atoms with E-state index < -0.39 is 0 Å². The van der Waals surface area contributed by atoms with E-state index in [9.17, 15) is 9.59 Å². The molecule has 1 aromatic heterocycles. The van der Waals surface area contributed by atoms with E-state index in [2.05, 4.69) is 20.6 Å². The third-order valence-corrected chi connectivity index (χ3v) is 3.22. The summed E-state index contributed by atoms with van der Waals surface area (Å²) >= 11 is 0. The van der Waals surface area contributed by atoms with Gasteiger partial charge in [-0.1, -0.05) is 12.1 Å². The molecule has 0 saturated heterocycles. The monoisotopic (exact) mass is 328 g/mol. The Labute approximate surface area is 140 Å². The normalized spacial score (nSPS) is 10.1. The van der Waals surface area contributed by atoms with Gasteiger partial charge in [0.25, 0.3) is 5.91 Å². The maximum atomic E-state index is 12.0. The standard InChI is InChI=1S/C17H20N4O3/c1-11-10-14(20-12(2)19-11)17(23)18-9-8-16(22)21-13-6-4-5-7-15(13)24-3/h4-7,10H,8-9H2,1-3H3,(H,18,23)(H,21,22).